The van der Waals surface area contributed by atoms with E-state index in [0.717, 1.165) is 15.8 Å². The van der Waals surface area contributed by atoms with Crippen molar-refractivity contribution in [2.75, 3.05) is 13.1 Å². The Morgan fingerprint density at radius 1 is 1.32 bits per heavy atom. The summed E-state index contributed by atoms with van der Waals surface area (Å²) in [6, 6.07) is 5.64. The molecule has 0 aliphatic carbocycles. The zero-order valence-corrected chi connectivity index (χ0v) is 15.5. The monoisotopic (exact) mass is 410 g/mol. The fourth-order valence-corrected chi connectivity index (χ4v) is 2.83. The van der Waals surface area contributed by atoms with Crippen molar-refractivity contribution in [1.29, 1.82) is 0 Å². The minimum Gasteiger partial charge on any atom is -0.338 e. The van der Waals surface area contributed by atoms with Crippen molar-refractivity contribution in [3.63, 3.8) is 0 Å². The maximum Gasteiger partial charge on any atom is 0.325 e. The first-order chi connectivity index (χ1) is 11.8. The third kappa shape index (κ3) is 4.16. The summed E-state index contributed by atoms with van der Waals surface area (Å²) < 4.78 is 0.761. The summed E-state index contributed by atoms with van der Waals surface area (Å²) in [6.07, 6.45) is 0.722. The van der Waals surface area contributed by atoms with Gasteiger partial charge in [0.05, 0.1) is 0 Å². The van der Waals surface area contributed by atoms with Crippen molar-refractivity contribution in [3.8, 4) is 0 Å². The number of carbonyl (C=O) groups excluding carboxylic acids is 4. The number of halogens is 1. The Balaban J connectivity index is 2.08. The molecule has 3 N–H and O–H groups in total. The molecular formula is C16H19BrN4O4. The van der Waals surface area contributed by atoms with Crippen LogP contribution in [0.3, 0.4) is 0 Å². The van der Waals surface area contributed by atoms with Crippen LogP contribution in [0, 0.1) is 0 Å². The Labute approximate surface area is 153 Å². The van der Waals surface area contributed by atoms with E-state index < -0.39 is 36.0 Å². The molecule has 0 unspecified atom stereocenters. The van der Waals surface area contributed by atoms with Crippen LogP contribution in [-0.2, 0) is 15.1 Å². The zero-order chi connectivity index (χ0) is 18.6. The average molecular weight is 411 g/mol. The van der Waals surface area contributed by atoms with Gasteiger partial charge in [-0.25, -0.2) is 9.59 Å². The number of hydrogen-bond acceptors (Lipinski definition) is 4. The van der Waals surface area contributed by atoms with Crippen molar-refractivity contribution in [2.45, 2.75) is 25.8 Å². The number of urea groups is 2. The van der Waals surface area contributed by atoms with Gasteiger partial charge < -0.3 is 10.6 Å². The molecule has 1 aliphatic heterocycles. The Kier molecular flexibility index (Phi) is 5.78. The quantitative estimate of drug-likeness (QED) is 0.638. The third-order valence-corrected chi connectivity index (χ3v) is 4.26. The first-order valence-corrected chi connectivity index (χ1v) is 8.55. The molecule has 6 amide bonds. The van der Waals surface area contributed by atoms with E-state index in [4.69, 9.17) is 0 Å². The van der Waals surface area contributed by atoms with Gasteiger partial charge in [0.15, 0.2) is 0 Å². The average Bonchev–Trinajstić information content (AvgIpc) is 2.77. The number of nitrogens with one attached hydrogen (secondary N) is 3. The van der Waals surface area contributed by atoms with Gasteiger partial charge >= 0.3 is 12.1 Å². The van der Waals surface area contributed by atoms with E-state index in [-0.39, 0.29) is 0 Å². The second-order valence-electron chi connectivity index (χ2n) is 5.76. The number of imide groups is 2. The van der Waals surface area contributed by atoms with E-state index in [1.165, 1.54) is 0 Å². The fourth-order valence-electron chi connectivity index (χ4n) is 2.43. The highest BCUT2D eigenvalue weighted by molar-refractivity contribution is 9.10. The predicted octanol–water partition coefficient (Wildman–Crippen LogP) is 1.45. The smallest absolute Gasteiger partial charge is 0.325 e. The molecule has 1 aromatic carbocycles. The maximum absolute atomic E-state index is 12.7. The van der Waals surface area contributed by atoms with Crippen molar-refractivity contribution >= 4 is 39.8 Å². The minimum absolute atomic E-state index is 0.420. The summed E-state index contributed by atoms with van der Waals surface area (Å²) in [7, 11) is 0. The zero-order valence-electron chi connectivity index (χ0n) is 13.9. The molecule has 134 valence electrons. The van der Waals surface area contributed by atoms with Crippen LogP contribution in [0.5, 0.6) is 0 Å². The topological polar surface area (TPSA) is 108 Å². The summed E-state index contributed by atoms with van der Waals surface area (Å²) >= 11 is 3.33. The molecule has 1 heterocycles. The van der Waals surface area contributed by atoms with Crippen molar-refractivity contribution in [2.24, 2.45) is 0 Å². The Bertz CT molecular complexity index is 724. The van der Waals surface area contributed by atoms with Gasteiger partial charge in [-0.05, 0) is 31.0 Å². The molecule has 0 saturated carbocycles. The van der Waals surface area contributed by atoms with Gasteiger partial charge in [-0.3, -0.25) is 19.8 Å². The van der Waals surface area contributed by atoms with Gasteiger partial charge in [0.25, 0.3) is 5.91 Å². The van der Waals surface area contributed by atoms with Crippen LogP contribution in [-0.4, -0.2) is 41.9 Å². The minimum atomic E-state index is -1.27. The summed E-state index contributed by atoms with van der Waals surface area (Å²) in [5.41, 5.74) is -0.685. The highest BCUT2D eigenvalue weighted by Crippen LogP contribution is 2.30. The summed E-state index contributed by atoms with van der Waals surface area (Å²) in [4.78, 5) is 49.0. The second kappa shape index (κ2) is 7.64. The number of rotatable bonds is 5. The first kappa shape index (κ1) is 18.9. The summed E-state index contributed by atoms with van der Waals surface area (Å²) in [5, 5.41) is 7.17. The molecule has 1 aliphatic rings. The molecule has 8 nitrogen and oxygen atoms in total. The molecule has 1 aromatic rings. The van der Waals surface area contributed by atoms with E-state index >= 15 is 0 Å². The molecular weight excluding hydrogens is 392 g/mol. The van der Waals surface area contributed by atoms with E-state index in [0.29, 0.717) is 12.1 Å². The lowest BCUT2D eigenvalue weighted by Gasteiger charge is -2.22. The molecule has 0 aromatic heterocycles. The Morgan fingerprint density at radius 3 is 2.68 bits per heavy atom. The number of amides is 6. The number of benzene rings is 1. The molecule has 0 radical (unpaired) electrons. The largest absolute Gasteiger partial charge is 0.338 e. The molecule has 9 heteroatoms. The number of nitrogens with zero attached hydrogens (tertiary/aromatic N) is 1. The van der Waals surface area contributed by atoms with Crippen LogP contribution in [0.25, 0.3) is 0 Å². The van der Waals surface area contributed by atoms with Gasteiger partial charge in [0.1, 0.15) is 12.1 Å². The summed E-state index contributed by atoms with van der Waals surface area (Å²) in [6.45, 7) is 3.33. The molecule has 25 heavy (non-hydrogen) atoms. The molecule has 1 atom stereocenters. The first-order valence-electron chi connectivity index (χ1n) is 7.75. The van der Waals surface area contributed by atoms with E-state index in [1.54, 1.807) is 31.2 Å². The van der Waals surface area contributed by atoms with Crippen LogP contribution >= 0.6 is 15.9 Å². The van der Waals surface area contributed by atoms with Crippen LogP contribution in [0.4, 0.5) is 9.59 Å². The van der Waals surface area contributed by atoms with Gasteiger partial charge in [-0.2, -0.15) is 0 Å². The standard InChI is InChI=1S/C16H19BrN4O4/c1-3-7-18-14(24)19-12(22)9-21-13(23)16(2,20-15(21)25)10-5-4-6-11(17)8-10/h4-6,8H,3,7,9H2,1-2H3,(H,20,25)(H2,18,19,22,24)/t16-/m1/s1. The van der Waals surface area contributed by atoms with Crippen LogP contribution in [0.1, 0.15) is 25.8 Å². The lowest BCUT2D eigenvalue weighted by molar-refractivity contribution is -0.134. The number of carbonyl (C=O) groups is 4. The Morgan fingerprint density at radius 2 is 2.04 bits per heavy atom. The van der Waals surface area contributed by atoms with E-state index in [9.17, 15) is 19.2 Å². The predicted molar refractivity (Wildman–Crippen MR) is 93.6 cm³/mol. The fraction of sp³-hybridized carbons (Fsp3) is 0.375. The molecule has 1 saturated heterocycles. The summed E-state index contributed by atoms with van der Waals surface area (Å²) in [5.74, 6) is -1.30. The van der Waals surface area contributed by atoms with Gasteiger partial charge in [0.2, 0.25) is 5.91 Å². The van der Waals surface area contributed by atoms with Gasteiger partial charge in [-0.1, -0.05) is 35.0 Å². The number of hydrogen-bond donors (Lipinski definition) is 3. The lowest BCUT2D eigenvalue weighted by atomic mass is 9.92. The van der Waals surface area contributed by atoms with Crippen LogP contribution in [0.15, 0.2) is 28.7 Å². The molecule has 2 rings (SSSR count). The molecule has 0 bridgehead atoms. The highest BCUT2D eigenvalue weighted by atomic mass is 79.9. The van der Waals surface area contributed by atoms with Gasteiger partial charge in [-0.15, -0.1) is 0 Å². The Hall–Kier alpha value is -2.42. The maximum atomic E-state index is 12.7. The van der Waals surface area contributed by atoms with Crippen LogP contribution < -0.4 is 16.0 Å². The normalized spacial score (nSPS) is 19.6. The van der Waals surface area contributed by atoms with Gasteiger partial charge in [0, 0.05) is 11.0 Å². The highest BCUT2D eigenvalue weighted by Gasteiger charge is 2.49. The van der Waals surface area contributed by atoms with E-state index in [1.807, 2.05) is 6.92 Å². The van der Waals surface area contributed by atoms with Crippen molar-refractivity contribution in [3.05, 3.63) is 34.3 Å². The second-order valence-corrected chi connectivity index (χ2v) is 6.68. The SMILES string of the molecule is CCCNC(=O)NC(=O)CN1C(=O)N[C@](C)(c2cccc(Br)c2)C1=O. The van der Waals surface area contributed by atoms with E-state index in [2.05, 4.69) is 31.9 Å². The third-order valence-electron chi connectivity index (χ3n) is 3.77. The molecule has 1 fully saturated rings. The molecule has 0 spiro atoms. The van der Waals surface area contributed by atoms with Crippen molar-refractivity contribution < 1.29 is 19.2 Å². The van der Waals surface area contributed by atoms with Crippen molar-refractivity contribution in [1.82, 2.24) is 20.9 Å². The lowest BCUT2D eigenvalue weighted by Crippen LogP contribution is -2.47. The van der Waals surface area contributed by atoms with Crippen LogP contribution in [0.2, 0.25) is 0 Å².